The second kappa shape index (κ2) is 16.3. The van der Waals surface area contributed by atoms with Gasteiger partial charge in [-0.25, -0.2) is 4.98 Å². The Morgan fingerprint density at radius 3 is 2.38 bits per heavy atom. The fraction of sp³-hybridized carbons (Fsp3) is 0.400. The summed E-state index contributed by atoms with van der Waals surface area (Å²) in [6, 6.07) is 19.6. The largest absolute Gasteiger partial charge is 0.494 e. The van der Waals surface area contributed by atoms with E-state index in [0.29, 0.717) is 31.0 Å². The van der Waals surface area contributed by atoms with Crippen LogP contribution in [0.4, 0.5) is 5.69 Å². The first kappa shape index (κ1) is 32.4. The molecule has 42 heavy (non-hydrogen) atoms. The van der Waals surface area contributed by atoms with Gasteiger partial charge >= 0.3 is 5.97 Å². The van der Waals surface area contributed by atoms with Crippen molar-refractivity contribution in [3.05, 3.63) is 83.0 Å². The molecule has 3 rings (SSSR count). The number of ether oxygens (including phenoxy) is 2. The first-order valence-electron chi connectivity index (χ1n) is 14.9. The molecule has 2 aromatic carbocycles. The maximum absolute atomic E-state index is 12.6. The van der Waals surface area contributed by atoms with Gasteiger partial charge in [-0.1, -0.05) is 57.2 Å². The minimum atomic E-state index is -1.05. The molecule has 3 aromatic rings. The second-order valence-electron chi connectivity index (χ2n) is 10.6. The summed E-state index contributed by atoms with van der Waals surface area (Å²) in [6.45, 7) is 9.04. The number of amides is 1. The van der Waals surface area contributed by atoms with Crippen molar-refractivity contribution in [2.75, 3.05) is 18.5 Å². The van der Waals surface area contributed by atoms with Gasteiger partial charge < -0.3 is 19.9 Å². The quantitative estimate of drug-likeness (QED) is 0.159. The van der Waals surface area contributed by atoms with E-state index in [1.807, 2.05) is 61.5 Å². The highest BCUT2D eigenvalue weighted by Crippen LogP contribution is 2.31. The van der Waals surface area contributed by atoms with Gasteiger partial charge in [-0.3, -0.25) is 9.59 Å². The topological polar surface area (TPSA) is 97.8 Å². The summed E-state index contributed by atoms with van der Waals surface area (Å²) in [5, 5.41) is 12.5. The first-order valence-corrected chi connectivity index (χ1v) is 14.9. The molecule has 0 radical (unpaired) electrons. The number of aryl methyl sites for hydroxylation is 2. The van der Waals surface area contributed by atoms with Gasteiger partial charge in [0.05, 0.1) is 24.3 Å². The molecule has 0 atom stereocenters. The standard InChI is InChI=1S/C35H44N2O5/c1-5-22-41-30-18-15-27(16-19-30)11-8-9-23-42-33-21-14-26(4)31(37-33)20-17-28-12-10-13-29(24-28)36-32(38)25-35(6-2,7-3)34(39)40/h10,12-21,24H,5-9,11,22-23,25H2,1-4H3,(H,36,38)(H,39,40). The third-order valence-corrected chi connectivity index (χ3v) is 7.53. The lowest BCUT2D eigenvalue weighted by atomic mass is 9.79. The molecule has 0 saturated carbocycles. The minimum absolute atomic E-state index is 0.0625. The van der Waals surface area contributed by atoms with E-state index in [9.17, 15) is 14.7 Å². The minimum Gasteiger partial charge on any atom is -0.494 e. The Balaban J connectivity index is 1.51. The number of anilines is 1. The van der Waals surface area contributed by atoms with Gasteiger partial charge in [0.2, 0.25) is 11.8 Å². The highest BCUT2D eigenvalue weighted by molar-refractivity contribution is 5.94. The van der Waals surface area contributed by atoms with E-state index in [0.717, 1.165) is 54.9 Å². The lowest BCUT2D eigenvalue weighted by Gasteiger charge is -2.25. The Morgan fingerprint density at radius 1 is 0.929 bits per heavy atom. The molecule has 1 heterocycles. The summed E-state index contributed by atoms with van der Waals surface area (Å²) in [6.07, 6.45) is 8.54. The number of hydrogen-bond donors (Lipinski definition) is 2. The van der Waals surface area contributed by atoms with Crippen molar-refractivity contribution in [3.8, 4) is 11.6 Å². The molecule has 0 bridgehead atoms. The number of carbonyl (C=O) groups excluding carboxylic acids is 1. The van der Waals surface area contributed by atoms with Gasteiger partial charge in [-0.15, -0.1) is 0 Å². The maximum atomic E-state index is 12.6. The van der Waals surface area contributed by atoms with Crippen LogP contribution in [0.3, 0.4) is 0 Å². The van der Waals surface area contributed by atoms with Crippen molar-refractivity contribution in [3.63, 3.8) is 0 Å². The third kappa shape index (κ3) is 9.75. The van der Waals surface area contributed by atoms with Gasteiger partial charge in [0.25, 0.3) is 0 Å². The maximum Gasteiger partial charge on any atom is 0.310 e. The van der Waals surface area contributed by atoms with Gasteiger partial charge in [0.15, 0.2) is 0 Å². The Morgan fingerprint density at radius 2 is 1.69 bits per heavy atom. The second-order valence-corrected chi connectivity index (χ2v) is 10.6. The van der Waals surface area contributed by atoms with Crippen LogP contribution in [-0.4, -0.2) is 35.2 Å². The summed E-state index contributed by atoms with van der Waals surface area (Å²) in [5.41, 5.74) is 3.59. The summed E-state index contributed by atoms with van der Waals surface area (Å²) in [5.74, 6) is 0.265. The first-order chi connectivity index (χ1) is 20.3. The number of rotatable bonds is 17. The molecule has 1 aromatic heterocycles. The summed E-state index contributed by atoms with van der Waals surface area (Å²) >= 11 is 0. The lowest BCUT2D eigenvalue weighted by Crippen LogP contribution is -2.34. The van der Waals surface area contributed by atoms with E-state index in [1.165, 1.54) is 5.56 Å². The molecule has 224 valence electrons. The normalized spacial score (nSPS) is 11.4. The fourth-order valence-electron chi connectivity index (χ4n) is 4.64. The molecular weight excluding hydrogens is 528 g/mol. The number of aliphatic carboxylic acids is 1. The van der Waals surface area contributed by atoms with E-state index in [4.69, 9.17) is 9.47 Å². The lowest BCUT2D eigenvalue weighted by molar-refractivity contribution is -0.151. The van der Waals surface area contributed by atoms with Gasteiger partial charge in [0, 0.05) is 18.2 Å². The number of nitrogens with zero attached hydrogens (tertiary/aromatic N) is 1. The zero-order valence-electron chi connectivity index (χ0n) is 25.3. The highest BCUT2D eigenvalue weighted by atomic mass is 16.5. The smallest absolute Gasteiger partial charge is 0.310 e. The molecule has 0 spiro atoms. The molecule has 7 nitrogen and oxygen atoms in total. The molecule has 2 N–H and O–H groups in total. The molecule has 1 amide bonds. The monoisotopic (exact) mass is 572 g/mol. The van der Waals surface area contributed by atoms with Crippen LogP contribution in [0, 0.1) is 12.3 Å². The number of carboxylic acids is 1. The Hall–Kier alpha value is -4.13. The number of hydrogen-bond acceptors (Lipinski definition) is 5. The number of benzene rings is 2. The van der Waals surface area contributed by atoms with E-state index in [-0.39, 0.29) is 12.3 Å². The SMILES string of the molecule is CCCOc1ccc(CCCCOc2ccc(C)c(C=Cc3cccc(NC(=O)CC(CC)(CC)C(=O)O)c3)n2)cc1. The van der Waals surface area contributed by atoms with E-state index < -0.39 is 11.4 Å². The summed E-state index contributed by atoms with van der Waals surface area (Å²) in [4.78, 5) is 29.1. The zero-order chi connectivity index (χ0) is 30.4. The van der Waals surface area contributed by atoms with Crippen LogP contribution in [0.2, 0.25) is 0 Å². The number of pyridine rings is 1. The zero-order valence-corrected chi connectivity index (χ0v) is 25.3. The Kier molecular flexibility index (Phi) is 12.6. The third-order valence-electron chi connectivity index (χ3n) is 7.53. The van der Waals surface area contributed by atoms with Crippen LogP contribution in [0.1, 0.15) is 81.7 Å². The van der Waals surface area contributed by atoms with Crippen LogP contribution in [0.5, 0.6) is 11.6 Å². The molecule has 0 aliphatic rings. The van der Waals surface area contributed by atoms with Gasteiger partial charge in [0.1, 0.15) is 5.75 Å². The van der Waals surface area contributed by atoms with Crippen molar-refractivity contribution in [1.82, 2.24) is 4.98 Å². The number of unbranched alkanes of at least 4 members (excludes halogenated alkanes) is 1. The average molecular weight is 573 g/mol. The molecule has 0 aliphatic heterocycles. The molecule has 0 saturated heterocycles. The fourth-order valence-corrected chi connectivity index (χ4v) is 4.64. The number of aromatic nitrogens is 1. The predicted octanol–water partition coefficient (Wildman–Crippen LogP) is 7.97. The van der Waals surface area contributed by atoms with Crippen molar-refractivity contribution >= 4 is 29.7 Å². The molecule has 0 aliphatic carbocycles. The molecule has 0 fully saturated rings. The Labute approximate surface area is 250 Å². The average Bonchev–Trinajstić information content (AvgIpc) is 2.99. The van der Waals surface area contributed by atoms with E-state index >= 15 is 0 Å². The summed E-state index contributed by atoms with van der Waals surface area (Å²) < 4.78 is 11.6. The van der Waals surface area contributed by atoms with Crippen LogP contribution >= 0.6 is 0 Å². The van der Waals surface area contributed by atoms with Crippen LogP contribution in [0.25, 0.3) is 12.2 Å². The van der Waals surface area contributed by atoms with Gasteiger partial charge in [-0.2, -0.15) is 0 Å². The number of carboxylic acid groups (broad SMARTS) is 1. The molecule has 7 heteroatoms. The van der Waals surface area contributed by atoms with Crippen molar-refractivity contribution in [2.45, 2.75) is 72.6 Å². The van der Waals surface area contributed by atoms with E-state index in [2.05, 4.69) is 29.4 Å². The van der Waals surface area contributed by atoms with Crippen molar-refractivity contribution in [2.24, 2.45) is 5.41 Å². The van der Waals surface area contributed by atoms with E-state index in [1.54, 1.807) is 19.9 Å². The number of carbonyl (C=O) groups is 2. The highest BCUT2D eigenvalue weighted by Gasteiger charge is 2.37. The van der Waals surface area contributed by atoms with Crippen LogP contribution < -0.4 is 14.8 Å². The molecular formula is C35H44N2O5. The van der Waals surface area contributed by atoms with Crippen LogP contribution in [-0.2, 0) is 16.0 Å². The number of nitrogens with one attached hydrogen (secondary N) is 1. The molecule has 0 unspecified atom stereocenters. The van der Waals surface area contributed by atoms with Crippen molar-refractivity contribution in [1.29, 1.82) is 0 Å². The van der Waals surface area contributed by atoms with Crippen LogP contribution in [0.15, 0.2) is 60.7 Å². The predicted molar refractivity (Wildman–Crippen MR) is 169 cm³/mol. The Bertz CT molecular complexity index is 1330. The van der Waals surface area contributed by atoms with Gasteiger partial charge in [-0.05, 0) is 92.5 Å². The van der Waals surface area contributed by atoms with Crippen molar-refractivity contribution < 1.29 is 24.2 Å². The summed E-state index contributed by atoms with van der Waals surface area (Å²) in [7, 11) is 0.